The van der Waals surface area contributed by atoms with Crippen molar-refractivity contribution in [2.75, 3.05) is 13.2 Å². The van der Waals surface area contributed by atoms with Gasteiger partial charge in [0, 0.05) is 17.5 Å². The van der Waals surface area contributed by atoms with Crippen LogP contribution in [0.1, 0.15) is 51.5 Å². The number of carbonyl (C=O) groups excluding carboxylic acids is 3. The Kier molecular flexibility index (Phi) is 12.3. The van der Waals surface area contributed by atoms with Crippen LogP contribution in [0.25, 0.3) is 11.1 Å². The zero-order valence-electron chi connectivity index (χ0n) is 20.3. The van der Waals surface area contributed by atoms with Crippen molar-refractivity contribution >= 4 is 29.4 Å². The van der Waals surface area contributed by atoms with E-state index in [0.29, 0.717) is 24.3 Å². The molecule has 2 aromatic carbocycles. The monoisotopic (exact) mass is 503 g/mol. The summed E-state index contributed by atoms with van der Waals surface area (Å²) in [6.07, 6.45) is 1.80. The van der Waals surface area contributed by atoms with Crippen LogP contribution >= 0.6 is 11.6 Å². The van der Waals surface area contributed by atoms with Crippen molar-refractivity contribution in [1.82, 2.24) is 5.32 Å². The van der Waals surface area contributed by atoms with Crippen LogP contribution in [0.5, 0.6) is 0 Å². The lowest BCUT2D eigenvalue weighted by Crippen LogP contribution is -2.44. The molecule has 35 heavy (non-hydrogen) atoms. The molecule has 0 spiro atoms. The number of hydrogen-bond acceptors (Lipinski definition) is 6. The maximum atomic E-state index is 12.4. The van der Waals surface area contributed by atoms with Gasteiger partial charge in [0.05, 0.1) is 13.2 Å². The van der Waals surface area contributed by atoms with Crippen molar-refractivity contribution in [3.8, 4) is 11.1 Å². The number of halogens is 1. The lowest BCUT2D eigenvalue weighted by molar-refractivity contribution is -0.156. The fourth-order valence-electron chi connectivity index (χ4n) is 3.38. The van der Waals surface area contributed by atoms with Crippen LogP contribution in [0.4, 0.5) is 0 Å². The molecule has 0 heterocycles. The highest BCUT2D eigenvalue weighted by Gasteiger charge is 2.26. The van der Waals surface area contributed by atoms with Crippen LogP contribution in [-0.2, 0) is 30.3 Å². The summed E-state index contributed by atoms with van der Waals surface area (Å²) in [5.74, 6) is -2.65. The van der Waals surface area contributed by atoms with Crippen molar-refractivity contribution in [3.63, 3.8) is 0 Å². The zero-order valence-corrected chi connectivity index (χ0v) is 21.1. The van der Waals surface area contributed by atoms with Crippen LogP contribution in [0.15, 0.2) is 48.5 Å². The van der Waals surface area contributed by atoms with Crippen molar-refractivity contribution < 1.29 is 29.0 Å². The van der Waals surface area contributed by atoms with Gasteiger partial charge < -0.3 is 19.9 Å². The van der Waals surface area contributed by atoms with Gasteiger partial charge in [-0.25, -0.2) is 9.59 Å². The Bertz CT molecular complexity index is 962. The SMILES string of the molecule is CCCCOC(=O)C(=O)N[C@H](Cc1ccc(-c2cccc(Cl)c2)cc1)C[C@@H](O)C(=O)OCCCC. The van der Waals surface area contributed by atoms with Crippen LogP contribution < -0.4 is 5.32 Å². The third-order valence-electron chi connectivity index (χ3n) is 5.37. The Morgan fingerprint density at radius 3 is 2.23 bits per heavy atom. The number of unbranched alkanes of at least 4 members (excludes halogenated alkanes) is 2. The first kappa shape index (κ1) is 28.3. The summed E-state index contributed by atoms with van der Waals surface area (Å²) in [5, 5.41) is 13.6. The first-order valence-corrected chi connectivity index (χ1v) is 12.4. The molecule has 0 bridgehead atoms. The largest absolute Gasteiger partial charge is 0.464 e. The zero-order chi connectivity index (χ0) is 25.6. The third kappa shape index (κ3) is 10.1. The minimum absolute atomic E-state index is 0.102. The molecular formula is C27H34ClNO6. The van der Waals surface area contributed by atoms with E-state index in [1.54, 1.807) is 6.07 Å². The number of hydrogen-bond donors (Lipinski definition) is 2. The van der Waals surface area contributed by atoms with Crippen molar-refractivity contribution in [1.29, 1.82) is 0 Å². The van der Waals surface area contributed by atoms with Gasteiger partial charge in [0.25, 0.3) is 0 Å². The number of rotatable bonds is 13. The van der Waals surface area contributed by atoms with E-state index in [9.17, 15) is 19.5 Å². The van der Waals surface area contributed by atoms with Gasteiger partial charge in [-0.3, -0.25) is 4.79 Å². The molecule has 0 saturated heterocycles. The Labute approximate surface area is 211 Å². The molecule has 0 aromatic heterocycles. The molecule has 0 unspecified atom stereocenters. The van der Waals surface area contributed by atoms with Gasteiger partial charge in [-0.1, -0.05) is 74.7 Å². The molecule has 2 aromatic rings. The Morgan fingerprint density at radius 1 is 0.943 bits per heavy atom. The van der Waals surface area contributed by atoms with E-state index in [2.05, 4.69) is 5.32 Å². The number of aliphatic hydroxyl groups excluding tert-OH is 1. The molecule has 7 nitrogen and oxygen atoms in total. The van der Waals surface area contributed by atoms with Gasteiger partial charge in [0.2, 0.25) is 0 Å². The minimum Gasteiger partial charge on any atom is -0.464 e. The first-order chi connectivity index (χ1) is 16.8. The lowest BCUT2D eigenvalue weighted by atomic mass is 9.98. The molecule has 0 aliphatic carbocycles. The average Bonchev–Trinajstić information content (AvgIpc) is 2.84. The molecule has 2 rings (SSSR count). The minimum atomic E-state index is -1.43. The number of ether oxygens (including phenoxy) is 2. The summed E-state index contributed by atoms with van der Waals surface area (Å²) < 4.78 is 10.1. The second-order valence-electron chi connectivity index (χ2n) is 8.34. The second kappa shape index (κ2) is 15.2. The van der Waals surface area contributed by atoms with Gasteiger partial charge in [0.1, 0.15) is 0 Å². The molecule has 1 amide bonds. The van der Waals surface area contributed by atoms with E-state index in [-0.39, 0.29) is 19.6 Å². The summed E-state index contributed by atoms with van der Waals surface area (Å²) in [6, 6.07) is 14.4. The molecule has 0 aliphatic rings. The van der Waals surface area contributed by atoms with Gasteiger partial charge in [-0.05, 0) is 48.1 Å². The predicted octanol–water partition coefficient (Wildman–Crippen LogP) is 4.47. The fraction of sp³-hybridized carbons (Fsp3) is 0.444. The van der Waals surface area contributed by atoms with Gasteiger partial charge >= 0.3 is 17.8 Å². The molecule has 0 saturated carbocycles. The fourth-order valence-corrected chi connectivity index (χ4v) is 3.57. The van der Waals surface area contributed by atoms with Crippen LogP contribution in [0, 0.1) is 0 Å². The average molecular weight is 504 g/mol. The molecule has 2 N–H and O–H groups in total. The first-order valence-electron chi connectivity index (χ1n) is 12.0. The normalized spacial score (nSPS) is 12.5. The number of carbonyl (C=O) groups is 3. The molecule has 0 aliphatic heterocycles. The van der Waals surface area contributed by atoms with Crippen LogP contribution in [0.2, 0.25) is 5.02 Å². The van der Waals surface area contributed by atoms with Gasteiger partial charge in [0.15, 0.2) is 6.10 Å². The smallest absolute Gasteiger partial charge is 0.396 e. The molecule has 0 radical (unpaired) electrons. The highest BCUT2D eigenvalue weighted by Crippen LogP contribution is 2.23. The van der Waals surface area contributed by atoms with E-state index < -0.39 is 30.0 Å². The Hall–Kier alpha value is -2.90. The predicted molar refractivity (Wildman–Crippen MR) is 135 cm³/mol. The van der Waals surface area contributed by atoms with E-state index in [1.165, 1.54) is 0 Å². The van der Waals surface area contributed by atoms with Gasteiger partial charge in [-0.2, -0.15) is 0 Å². The molecular weight excluding hydrogens is 470 g/mol. The number of esters is 2. The van der Waals surface area contributed by atoms with Crippen molar-refractivity contribution in [3.05, 3.63) is 59.1 Å². The van der Waals surface area contributed by atoms with Crippen molar-refractivity contribution in [2.24, 2.45) is 0 Å². The second-order valence-corrected chi connectivity index (χ2v) is 8.78. The van der Waals surface area contributed by atoms with E-state index in [0.717, 1.165) is 29.5 Å². The standard InChI is InChI=1S/C27H34ClNO6/c1-3-5-14-34-26(32)24(30)18-23(29-25(31)27(33)35-15-6-4-2)16-19-10-12-20(13-11-19)21-8-7-9-22(28)17-21/h7-13,17,23-24,30H,3-6,14-16,18H2,1-2H3,(H,29,31)/t23-,24-/m1/s1. The van der Waals surface area contributed by atoms with Gasteiger partial charge in [-0.15, -0.1) is 0 Å². The van der Waals surface area contributed by atoms with Crippen LogP contribution in [0.3, 0.4) is 0 Å². The maximum absolute atomic E-state index is 12.4. The summed E-state index contributed by atoms with van der Waals surface area (Å²) in [6.45, 7) is 4.29. The maximum Gasteiger partial charge on any atom is 0.396 e. The topological polar surface area (TPSA) is 102 Å². The van der Waals surface area contributed by atoms with Crippen LogP contribution in [-0.4, -0.2) is 48.3 Å². The number of benzene rings is 2. The summed E-state index contributed by atoms with van der Waals surface area (Å²) >= 11 is 6.08. The van der Waals surface area contributed by atoms with E-state index in [1.807, 2.05) is 56.3 Å². The highest BCUT2D eigenvalue weighted by molar-refractivity contribution is 6.32. The molecule has 2 atom stereocenters. The molecule has 8 heteroatoms. The Morgan fingerprint density at radius 2 is 1.60 bits per heavy atom. The highest BCUT2D eigenvalue weighted by atomic mass is 35.5. The summed E-state index contributed by atoms with van der Waals surface area (Å²) in [7, 11) is 0. The lowest BCUT2D eigenvalue weighted by Gasteiger charge is -2.21. The van der Waals surface area contributed by atoms with Crippen molar-refractivity contribution in [2.45, 2.75) is 64.5 Å². The quantitative estimate of drug-likeness (QED) is 0.237. The van der Waals surface area contributed by atoms with E-state index in [4.69, 9.17) is 21.1 Å². The molecule has 0 fully saturated rings. The Balaban J connectivity index is 2.09. The summed E-state index contributed by atoms with van der Waals surface area (Å²) in [5.41, 5.74) is 2.79. The third-order valence-corrected chi connectivity index (χ3v) is 5.60. The number of aliphatic hydroxyl groups is 1. The molecule has 190 valence electrons. The van der Waals surface area contributed by atoms with E-state index >= 15 is 0 Å². The number of amides is 1. The number of nitrogens with one attached hydrogen (secondary N) is 1. The summed E-state index contributed by atoms with van der Waals surface area (Å²) in [4.78, 5) is 36.5.